The van der Waals surface area contributed by atoms with Gasteiger partial charge < -0.3 is 15.2 Å². The average Bonchev–Trinajstić information content (AvgIpc) is 2.18. The third-order valence-corrected chi connectivity index (χ3v) is 1.98. The molecule has 5 nitrogen and oxygen atoms in total. The van der Waals surface area contributed by atoms with Gasteiger partial charge in [-0.1, -0.05) is 0 Å². The molecule has 0 amide bonds. The molecule has 0 aliphatic heterocycles. The molecule has 6 heteroatoms. The number of anilines is 1. The molecule has 1 aromatic heterocycles. The van der Waals surface area contributed by atoms with Crippen LogP contribution < -0.4 is 10.1 Å². The number of hydrogen-bond acceptors (Lipinski definition) is 5. The predicted molar refractivity (Wildman–Crippen MR) is 58.4 cm³/mol. The zero-order chi connectivity index (χ0) is 11.5. The maximum absolute atomic E-state index is 9.11. The number of nitrogens with one attached hydrogen (secondary N) is 1. The summed E-state index contributed by atoms with van der Waals surface area (Å²) in [6.07, 6.45) is 1.48. The zero-order valence-electron chi connectivity index (χ0n) is 8.91. The Morgan fingerprint density at radius 2 is 2.27 bits per heavy atom. The van der Waals surface area contributed by atoms with E-state index in [0.29, 0.717) is 11.6 Å². The lowest BCUT2D eigenvalue weighted by atomic mass is 10.1. The molecule has 0 radical (unpaired) electrons. The molecule has 0 aliphatic rings. The van der Waals surface area contributed by atoms with Crippen LogP contribution >= 0.6 is 11.6 Å². The number of rotatable bonds is 4. The first kappa shape index (κ1) is 12.0. The molecule has 1 rings (SSSR count). The summed E-state index contributed by atoms with van der Waals surface area (Å²) in [6, 6.07) is 0. The monoisotopic (exact) mass is 231 g/mol. The van der Waals surface area contributed by atoms with Gasteiger partial charge in [0.2, 0.25) is 5.28 Å². The molecule has 1 heterocycles. The molecule has 0 saturated carbocycles. The molecule has 15 heavy (non-hydrogen) atoms. The Labute approximate surface area is 93.5 Å². The molecule has 0 aliphatic carbocycles. The van der Waals surface area contributed by atoms with Crippen molar-refractivity contribution in [1.29, 1.82) is 0 Å². The summed E-state index contributed by atoms with van der Waals surface area (Å²) in [5, 5.41) is 12.3. The fraction of sp³-hybridized carbons (Fsp3) is 0.556. The molecular weight excluding hydrogens is 218 g/mol. The summed E-state index contributed by atoms with van der Waals surface area (Å²) >= 11 is 5.67. The van der Waals surface area contributed by atoms with Crippen molar-refractivity contribution in [2.24, 2.45) is 0 Å². The van der Waals surface area contributed by atoms with Crippen molar-refractivity contribution in [3.63, 3.8) is 0 Å². The Morgan fingerprint density at radius 3 is 2.80 bits per heavy atom. The number of ether oxygens (including phenoxy) is 1. The second-order valence-electron chi connectivity index (χ2n) is 3.72. The van der Waals surface area contributed by atoms with Gasteiger partial charge in [-0.05, 0) is 25.4 Å². The zero-order valence-corrected chi connectivity index (χ0v) is 9.67. The van der Waals surface area contributed by atoms with Crippen molar-refractivity contribution in [2.45, 2.75) is 19.4 Å². The first-order chi connectivity index (χ1) is 6.98. The molecule has 0 bridgehead atoms. The summed E-state index contributed by atoms with van der Waals surface area (Å²) in [4.78, 5) is 7.78. The molecule has 1 aromatic rings. The van der Waals surface area contributed by atoms with E-state index in [4.69, 9.17) is 21.4 Å². The van der Waals surface area contributed by atoms with Crippen LogP contribution in [0.5, 0.6) is 5.75 Å². The standard InChI is InChI=1S/C9H14ClN3O2/c1-9(2,5-14)13-7-6(15-3)4-11-8(10)12-7/h4,14H,5H2,1-3H3,(H,11,12,13). The first-order valence-electron chi connectivity index (χ1n) is 4.44. The lowest BCUT2D eigenvalue weighted by Crippen LogP contribution is -2.35. The highest BCUT2D eigenvalue weighted by Gasteiger charge is 2.19. The van der Waals surface area contributed by atoms with Crippen molar-refractivity contribution in [3.8, 4) is 5.75 Å². The fourth-order valence-electron chi connectivity index (χ4n) is 0.948. The smallest absolute Gasteiger partial charge is 0.224 e. The van der Waals surface area contributed by atoms with E-state index in [2.05, 4.69) is 15.3 Å². The van der Waals surface area contributed by atoms with E-state index in [1.54, 1.807) is 0 Å². The molecular formula is C9H14ClN3O2. The van der Waals surface area contributed by atoms with Crippen LogP contribution in [0.3, 0.4) is 0 Å². The van der Waals surface area contributed by atoms with Crippen LogP contribution in [0, 0.1) is 0 Å². The van der Waals surface area contributed by atoms with Gasteiger partial charge in [0.15, 0.2) is 11.6 Å². The second kappa shape index (κ2) is 4.63. The van der Waals surface area contributed by atoms with Crippen molar-refractivity contribution < 1.29 is 9.84 Å². The van der Waals surface area contributed by atoms with E-state index in [1.807, 2.05) is 13.8 Å². The maximum atomic E-state index is 9.11. The van der Waals surface area contributed by atoms with Crippen LogP contribution in [0.2, 0.25) is 5.28 Å². The van der Waals surface area contributed by atoms with Gasteiger partial charge in [-0.2, -0.15) is 4.98 Å². The van der Waals surface area contributed by atoms with E-state index in [-0.39, 0.29) is 11.9 Å². The average molecular weight is 232 g/mol. The van der Waals surface area contributed by atoms with Crippen molar-refractivity contribution in [2.75, 3.05) is 19.0 Å². The van der Waals surface area contributed by atoms with E-state index in [9.17, 15) is 0 Å². The van der Waals surface area contributed by atoms with Crippen LogP contribution in [0.15, 0.2) is 6.20 Å². The number of hydrogen-bond donors (Lipinski definition) is 2. The Kier molecular flexibility index (Phi) is 3.71. The lowest BCUT2D eigenvalue weighted by molar-refractivity contribution is 0.233. The topological polar surface area (TPSA) is 67.3 Å². The summed E-state index contributed by atoms with van der Waals surface area (Å²) in [7, 11) is 1.52. The van der Waals surface area contributed by atoms with Crippen LogP contribution in [-0.4, -0.2) is 34.3 Å². The summed E-state index contributed by atoms with van der Waals surface area (Å²) in [5.74, 6) is 0.956. The van der Waals surface area contributed by atoms with Gasteiger partial charge >= 0.3 is 0 Å². The maximum Gasteiger partial charge on any atom is 0.224 e. The summed E-state index contributed by atoms with van der Waals surface area (Å²) < 4.78 is 5.06. The minimum Gasteiger partial charge on any atom is -0.491 e. The molecule has 84 valence electrons. The molecule has 0 spiro atoms. The second-order valence-corrected chi connectivity index (χ2v) is 4.06. The van der Waals surface area contributed by atoms with E-state index in [0.717, 1.165) is 0 Å². The molecule has 0 unspecified atom stereocenters. The first-order valence-corrected chi connectivity index (χ1v) is 4.82. The van der Waals surface area contributed by atoms with Crippen molar-refractivity contribution in [3.05, 3.63) is 11.5 Å². The minimum absolute atomic E-state index is 0.0300. The van der Waals surface area contributed by atoms with Crippen molar-refractivity contribution in [1.82, 2.24) is 9.97 Å². The van der Waals surface area contributed by atoms with Crippen LogP contribution in [-0.2, 0) is 0 Å². The van der Waals surface area contributed by atoms with E-state index < -0.39 is 5.54 Å². The van der Waals surface area contributed by atoms with Gasteiger partial charge in [0.25, 0.3) is 0 Å². The van der Waals surface area contributed by atoms with Gasteiger partial charge in [0.05, 0.1) is 25.5 Å². The Balaban J connectivity index is 2.97. The summed E-state index contributed by atoms with van der Waals surface area (Å²) in [5.41, 5.74) is -0.495. The molecule has 0 atom stereocenters. The largest absolute Gasteiger partial charge is 0.491 e. The van der Waals surface area contributed by atoms with Gasteiger partial charge in [-0.15, -0.1) is 0 Å². The number of aliphatic hydroxyl groups is 1. The number of nitrogens with zero attached hydrogens (tertiary/aromatic N) is 2. The Morgan fingerprint density at radius 1 is 1.60 bits per heavy atom. The predicted octanol–water partition coefficient (Wildman–Crippen LogP) is 1.32. The van der Waals surface area contributed by atoms with Gasteiger partial charge in [-0.3, -0.25) is 0 Å². The highest BCUT2D eigenvalue weighted by Crippen LogP contribution is 2.24. The molecule has 0 saturated heterocycles. The quantitative estimate of drug-likeness (QED) is 0.765. The number of aliphatic hydroxyl groups excluding tert-OH is 1. The number of halogens is 1. The third kappa shape index (κ3) is 3.21. The van der Waals surface area contributed by atoms with Gasteiger partial charge in [0.1, 0.15) is 0 Å². The SMILES string of the molecule is COc1cnc(Cl)nc1NC(C)(C)CO. The minimum atomic E-state index is -0.495. The van der Waals surface area contributed by atoms with E-state index >= 15 is 0 Å². The summed E-state index contributed by atoms with van der Waals surface area (Å²) in [6.45, 7) is 3.64. The van der Waals surface area contributed by atoms with Crippen LogP contribution in [0.25, 0.3) is 0 Å². The van der Waals surface area contributed by atoms with Crippen molar-refractivity contribution >= 4 is 17.4 Å². The number of methoxy groups -OCH3 is 1. The Bertz CT molecular complexity index is 344. The highest BCUT2D eigenvalue weighted by molar-refractivity contribution is 6.28. The highest BCUT2D eigenvalue weighted by atomic mass is 35.5. The lowest BCUT2D eigenvalue weighted by Gasteiger charge is -2.24. The fourth-order valence-corrected chi connectivity index (χ4v) is 1.08. The normalized spacial score (nSPS) is 11.3. The number of aromatic nitrogens is 2. The van der Waals surface area contributed by atoms with Crippen LogP contribution in [0.4, 0.5) is 5.82 Å². The molecule has 2 N–H and O–H groups in total. The van der Waals surface area contributed by atoms with Gasteiger partial charge in [0, 0.05) is 0 Å². The molecule has 0 fully saturated rings. The van der Waals surface area contributed by atoms with Crippen LogP contribution in [0.1, 0.15) is 13.8 Å². The molecule has 0 aromatic carbocycles. The van der Waals surface area contributed by atoms with E-state index in [1.165, 1.54) is 13.3 Å². The Hall–Kier alpha value is -1.07. The third-order valence-electron chi connectivity index (χ3n) is 1.80. The van der Waals surface area contributed by atoms with Gasteiger partial charge in [-0.25, -0.2) is 4.98 Å².